The molecule has 3 fully saturated rings. The van der Waals surface area contributed by atoms with E-state index in [0.717, 1.165) is 6.08 Å². The van der Waals surface area contributed by atoms with Gasteiger partial charge in [0.15, 0.2) is 0 Å². The fourth-order valence-corrected chi connectivity index (χ4v) is 4.10. The van der Waals surface area contributed by atoms with E-state index < -0.39 is 5.97 Å². The van der Waals surface area contributed by atoms with E-state index in [4.69, 9.17) is 0 Å². The first kappa shape index (κ1) is 11.7. The number of methoxy groups -OCH3 is 1. The number of fused-ring (bicyclic) bond motifs is 5. The molecular weight excluding hydrogens is 200 g/mol. The molecular formula is C14H22O2. The first-order valence-corrected chi connectivity index (χ1v) is 6.46. The smallest absolute Gasteiger partial charge is 0.329 e. The molecule has 0 aromatic heterocycles. The minimum absolute atomic E-state index is 0.394. The summed E-state index contributed by atoms with van der Waals surface area (Å²) >= 11 is 0. The molecule has 3 saturated carbocycles. The standard InChI is InChI=1S/C10H16.C4H6O2/c1-2-9-7-4-5-8(6-7)10(9)3-1;1-3-4(5)6-2/h7-10H,1-6H2;3H,1H2,2H3. The van der Waals surface area contributed by atoms with Crippen LogP contribution in [0, 0.1) is 23.7 Å². The van der Waals surface area contributed by atoms with Crippen LogP contribution in [0.15, 0.2) is 12.7 Å². The lowest BCUT2D eigenvalue weighted by Gasteiger charge is -2.23. The predicted octanol–water partition coefficient (Wildman–Crippen LogP) is 3.18. The number of hydrogen-bond donors (Lipinski definition) is 0. The molecule has 0 N–H and O–H groups in total. The first-order valence-electron chi connectivity index (χ1n) is 6.46. The van der Waals surface area contributed by atoms with Crippen LogP contribution in [0.1, 0.15) is 38.5 Å². The second-order valence-electron chi connectivity index (χ2n) is 5.32. The van der Waals surface area contributed by atoms with Crippen molar-refractivity contribution in [3.63, 3.8) is 0 Å². The molecule has 90 valence electrons. The van der Waals surface area contributed by atoms with Gasteiger partial charge in [-0.3, -0.25) is 0 Å². The summed E-state index contributed by atoms with van der Waals surface area (Å²) in [6.07, 6.45) is 10.6. The predicted molar refractivity (Wildman–Crippen MR) is 63.9 cm³/mol. The highest BCUT2D eigenvalue weighted by Gasteiger charge is 2.48. The number of hydrogen-bond acceptors (Lipinski definition) is 2. The molecule has 4 atom stereocenters. The summed E-state index contributed by atoms with van der Waals surface area (Å²) in [4.78, 5) is 9.84. The van der Waals surface area contributed by atoms with Crippen LogP contribution in [0.5, 0.6) is 0 Å². The Morgan fingerprint density at radius 3 is 2.12 bits per heavy atom. The van der Waals surface area contributed by atoms with Crippen molar-refractivity contribution in [2.75, 3.05) is 7.11 Å². The molecule has 16 heavy (non-hydrogen) atoms. The Balaban J connectivity index is 0.000000142. The summed E-state index contributed by atoms with van der Waals surface area (Å²) in [6.45, 7) is 3.16. The summed E-state index contributed by atoms with van der Waals surface area (Å²) in [5.41, 5.74) is 0. The Morgan fingerprint density at radius 1 is 1.19 bits per heavy atom. The first-order chi connectivity index (χ1) is 7.76. The SMILES string of the molecule is C1CC2C3CCC(C3)C2C1.C=CC(=O)OC. The fourth-order valence-electron chi connectivity index (χ4n) is 4.10. The van der Waals surface area contributed by atoms with Crippen LogP contribution in [-0.2, 0) is 9.53 Å². The Morgan fingerprint density at radius 2 is 1.75 bits per heavy atom. The Labute approximate surface area is 98.1 Å². The van der Waals surface area contributed by atoms with Crippen LogP contribution in [0.4, 0.5) is 0 Å². The van der Waals surface area contributed by atoms with Gasteiger partial charge >= 0.3 is 5.97 Å². The molecule has 0 amide bonds. The molecule has 0 aliphatic heterocycles. The molecule has 0 aromatic carbocycles. The van der Waals surface area contributed by atoms with Crippen LogP contribution < -0.4 is 0 Å². The summed E-state index contributed by atoms with van der Waals surface area (Å²) in [5.74, 6) is 4.41. The second kappa shape index (κ2) is 5.03. The van der Waals surface area contributed by atoms with Gasteiger partial charge in [0.2, 0.25) is 0 Å². The molecule has 0 heterocycles. The zero-order valence-electron chi connectivity index (χ0n) is 10.2. The minimum atomic E-state index is -0.394. The van der Waals surface area contributed by atoms with Crippen LogP contribution in [-0.4, -0.2) is 13.1 Å². The average Bonchev–Trinajstić information content (AvgIpc) is 3.00. The van der Waals surface area contributed by atoms with E-state index in [1.54, 1.807) is 38.5 Å². The van der Waals surface area contributed by atoms with E-state index in [1.165, 1.54) is 30.8 Å². The molecule has 2 nitrogen and oxygen atoms in total. The zero-order valence-corrected chi connectivity index (χ0v) is 10.2. The van der Waals surface area contributed by atoms with E-state index in [9.17, 15) is 4.79 Å². The van der Waals surface area contributed by atoms with E-state index in [-0.39, 0.29) is 0 Å². The lowest BCUT2D eigenvalue weighted by atomic mass is 9.82. The monoisotopic (exact) mass is 222 g/mol. The maximum atomic E-state index is 9.84. The van der Waals surface area contributed by atoms with Gasteiger partial charge in [0.25, 0.3) is 0 Å². The highest BCUT2D eigenvalue weighted by Crippen LogP contribution is 2.58. The molecule has 4 unspecified atom stereocenters. The lowest BCUT2D eigenvalue weighted by molar-refractivity contribution is -0.134. The minimum Gasteiger partial charge on any atom is -0.466 e. The van der Waals surface area contributed by atoms with Crippen LogP contribution in [0.3, 0.4) is 0 Å². The molecule has 0 spiro atoms. The molecule has 3 aliphatic rings. The van der Waals surface area contributed by atoms with Gasteiger partial charge in [0.1, 0.15) is 0 Å². The van der Waals surface area contributed by atoms with Crippen molar-refractivity contribution in [1.82, 2.24) is 0 Å². The third kappa shape index (κ3) is 2.16. The summed E-state index contributed by atoms with van der Waals surface area (Å²) < 4.78 is 4.14. The third-order valence-corrected chi connectivity index (χ3v) is 4.72. The van der Waals surface area contributed by atoms with Gasteiger partial charge in [-0.05, 0) is 55.8 Å². The van der Waals surface area contributed by atoms with Crippen molar-refractivity contribution < 1.29 is 9.53 Å². The topological polar surface area (TPSA) is 26.3 Å². The number of rotatable bonds is 1. The van der Waals surface area contributed by atoms with Gasteiger partial charge in [0, 0.05) is 6.08 Å². The van der Waals surface area contributed by atoms with Crippen molar-refractivity contribution in [2.24, 2.45) is 23.7 Å². The molecule has 2 heteroatoms. The number of esters is 1. The van der Waals surface area contributed by atoms with Crippen molar-refractivity contribution in [1.29, 1.82) is 0 Å². The molecule has 0 radical (unpaired) electrons. The van der Waals surface area contributed by atoms with E-state index in [2.05, 4.69) is 11.3 Å². The van der Waals surface area contributed by atoms with E-state index >= 15 is 0 Å². The fraction of sp³-hybridized carbons (Fsp3) is 0.786. The zero-order chi connectivity index (χ0) is 11.5. The van der Waals surface area contributed by atoms with Gasteiger partial charge in [-0.15, -0.1) is 0 Å². The van der Waals surface area contributed by atoms with E-state index in [0.29, 0.717) is 0 Å². The molecule has 0 saturated heterocycles. The summed E-state index contributed by atoms with van der Waals surface area (Å²) in [7, 11) is 1.31. The highest BCUT2D eigenvalue weighted by atomic mass is 16.5. The van der Waals surface area contributed by atoms with Gasteiger partial charge in [-0.2, -0.15) is 0 Å². The molecule has 3 aliphatic carbocycles. The Bertz CT molecular complexity index is 256. The highest BCUT2D eigenvalue weighted by molar-refractivity contribution is 5.80. The quantitative estimate of drug-likeness (QED) is 0.503. The number of ether oxygens (including phenoxy) is 1. The lowest BCUT2D eigenvalue weighted by Crippen LogP contribution is -2.15. The van der Waals surface area contributed by atoms with Crippen LogP contribution in [0.2, 0.25) is 0 Å². The molecule has 0 aromatic rings. The van der Waals surface area contributed by atoms with Crippen LogP contribution >= 0.6 is 0 Å². The second-order valence-corrected chi connectivity index (χ2v) is 5.32. The van der Waals surface area contributed by atoms with Crippen LogP contribution in [0.25, 0.3) is 0 Å². The molecule has 2 bridgehead atoms. The Kier molecular flexibility index (Phi) is 3.67. The normalized spacial score (nSPS) is 38.6. The van der Waals surface area contributed by atoms with Crippen molar-refractivity contribution >= 4 is 5.97 Å². The maximum absolute atomic E-state index is 9.84. The van der Waals surface area contributed by atoms with Gasteiger partial charge in [-0.1, -0.05) is 13.0 Å². The van der Waals surface area contributed by atoms with Crippen molar-refractivity contribution in [3.05, 3.63) is 12.7 Å². The third-order valence-electron chi connectivity index (χ3n) is 4.72. The van der Waals surface area contributed by atoms with Gasteiger partial charge in [0.05, 0.1) is 7.11 Å². The summed E-state index contributed by atoms with van der Waals surface area (Å²) in [5, 5.41) is 0. The molecule has 3 rings (SSSR count). The van der Waals surface area contributed by atoms with Crippen molar-refractivity contribution in [3.8, 4) is 0 Å². The van der Waals surface area contributed by atoms with Gasteiger partial charge in [-0.25, -0.2) is 4.79 Å². The van der Waals surface area contributed by atoms with Gasteiger partial charge < -0.3 is 4.74 Å². The number of carbonyl (C=O) groups is 1. The number of carbonyl (C=O) groups excluding carboxylic acids is 1. The average molecular weight is 222 g/mol. The largest absolute Gasteiger partial charge is 0.466 e. The van der Waals surface area contributed by atoms with E-state index in [1.807, 2.05) is 0 Å². The summed E-state index contributed by atoms with van der Waals surface area (Å²) in [6, 6.07) is 0. The maximum Gasteiger partial charge on any atom is 0.329 e. The Hall–Kier alpha value is -0.790. The van der Waals surface area contributed by atoms with Crippen molar-refractivity contribution in [2.45, 2.75) is 38.5 Å².